The van der Waals surface area contributed by atoms with Gasteiger partial charge in [-0.05, 0) is 66.6 Å². The molecule has 0 unspecified atom stereocenters. The number of aromatic nitrogens is 3. The molecule has 0 atom stereocenters. The molecule has 0 amide bonds. The van der Waals surface area contributed by atoms with E-state index >= 15 is 0 Å². The van der Waals surface area contributed by atoms with Gasteiger partial charge in [-0.2, -0.15) is 0 Å². The smallest absolute Gasteiger partial charge is 0.134 e. The highest BCUT2D eigenvalue weighted by Gasteiger charge is 2.13. The minimum absolute atomic E-state index is 0.761. The number of aryl methyl sites for hydroxylation is 1. The third-order valence-electron chi connectivity index (χ3n) is 4.42. The highest BCUT2D eigenvalue weighted by atomic mass is 15.1. The van der Waals surface area contributed by atoms with Gasteiger partial charge in [0.05, 0.1) is 0 Å². The summed E-state index contributed by atoms with van der Waals surface area (Å²) in [7, 11) is 0. The zero-order valence-electron chi connectivity index (χ0n) is 15.2. The molecule has 1 aliphatic heterocycles. The highest BCUT2D eigenvalue weighted by molar-refractivity contribution is 5.69. The summed E-state index contributed by atoms with van der Waals surface area (Å²) in [6.45, 7) is 3.60. The van der Waals surface area contributed by atoms with E-state index in [1.807, 2.05) is 37.5 Å². The first-order valence-electron chi connectivity index (χ1n) is 9.04. The number of nitrogens with one attached hydrogen (secondary N) is 3. The first kappa shape index (κ1) is 17.0. The van der Waals surface area contributed by atoms with Crippen molar-refractivity contribution < 1.29 is 0 Å². The maximum Gasteiger partial charge on any atom is 0.134 e. The molecule has 136 valence electrons. The zero-order valence-corrected chi connectivity index (χ0v) is 15.2. The molecule has 4 heterocycles. The van der Waals surface area contributed by atoms with E-state index in [1.165, 1.54) is 11.1 Å². The molecule has 3 aromatic rings. The van der Waals surface area contributed by atoms with Crippen molar-refractivity contribution in [1.82, 2.24) is 20.3 Å². The minimum Gasteiger partial charge on any atom is -0.387 e. The van der Waals surface area contributed by atoms with Crippen LogP contribution in [0.15, 0.2) is 55.1 Å². The minimum atomic E-state index is 0.761. The molecular formula is C21H22N6. The molecule has 6 heteroatoms. The van der Waals surface area contributed by atoms with E-state index < -0.39 is 0 Å². The molecule has 3 N–H and O–H groups in total. The van der Waals surface area contributed by atoms with Crippen LogP contribution in [0.2, 0.25) is 0 Å². The van der Waals surface area contributed by atoms with Gasteiger partial charge in [0.15, 0.2) is 0 Å². The van der Waals surface area contributed by atoms with Gasteiger partial charge in [0, 0.05) is 37.2 Å². The maximum atomic E-state index is 4.79. The van der Waals surface area contributed by atoms with Gasteiger partial charge in [0.1, 0.15) is 17.5 Å². The quantitative estimate of drug-likeness (QED) is 0.624. The Morgan fingerprint density at radius 3 is 2.96 bits per heavy atom. The van der Waals surface area contributed by atoms with E-state index in [4.69, 9.17) is 4.98 Å². The van der Waals surface area contributed by atoms with Crippen LogP contribution in [0.3, 0.4) is 0 Å². The van der Waals surface area contributed by atoms with Gasteiger partial charge in [0.2, 0.25) is 0 Å². The molecular weight excluding hydrogens is 336 g/mol. The van der Waals surface area contributed by atoms with Crippen molar-refractivity contribution in [1.29, 1.82) is 0 Å². The third kappa shape index (κ3) is 4.23. The summed E-state index contributed by atoms with van der Waals surface area (Å²) in [6, 6.07) is 10.1. The van der Waals surface area contributed by atoms with Crippen molar-refractivity contribution in [3.05, 3.63) is 77.4 Å². The molecule has 4 rings (SSSR count). The summed E-state index contributed by atoms with van der Waals surface area (Å²) in [4.78, 5) is 13.3. The number of pyridine rings is 3. The van der Waals surface area contributed by atoms with Crippen molar-refractivity contribution in [3.63, 3.8) is 0 Å². The molecule has 0 aliphatic carbocycles. The fraction of sp³-hybridized carbons (Fsp3) is 0.190. The Kier molecular flexibility index (Phi) is 4.96. The summed E-state index contributed by atoms with van der Waals surface area (Å²) in [5.74, 6) is 2.47. The van der Waals surface area contributed by atoms with Crippen LogP contribution < -0.4 is 16.0 Å². The number of fused-ring (bicyclic) bond motifs is 1. The van der Waals surface area contributed by atoms with Gasteiger partial charge in [-0.15, -0.1) is 0 Å². The third-order valence-corrected chi connectivity index (χ3v) is 4.42. The molecule has 27 heavy (non-hydrogen) atoms. The molecule has 0 bridgehead atoms. The lowest BCUT2D eigenvalue weighted by Crippen LogP contribution is -2.17. The Hall–Kier alpha value is -3.41. The van der Waals surface area contributed by atoms with Gasteiger partial charge in [-0.25, -0.2) is 9.97 Å². The van der Waals surface area contributed by atoms with E-state index in [1.54, 1.807) is 12.4 Å². The second-order valence-electron chi connectivity index (χ2n) is 6.52. The van der Waals surface area contributed by atoms with E-state index in [9.17, 15) is 0 Å². The zero-order chi connectivity index (χ0) is 18.5. The van der Waals surface area contributed by atoms with Crippen LogP contribution in [0.1, 0.15) is 22.3 Å². The van der Waals surface area contributed by atoms with Gasteiger partial charge >= 0.3 is 0 Å². The van der Waals surface area contributed by atoms with E-state index in [0.717, 1.165) is 48.1 Å². The lowest BCUT2D eigenvalue weighted by atomic mass is 10.1. The van der Waals surface area contributed by atoms with Crippen LogP contribution >= 0.6 is 0 Å². The predicted molar refractivity (Wildman–Crippen MR) is 109 cm³/mol. The summed E-state index contributed by atoms with van der Waals surface area (Å²) < 4.78 is 0. The van der Waals surface area contributed by atoms with Crippen molar-refractivity contribution in [2.45, 2.75) is 19.9 Å². The second kappa shape index (κ2) is 7.86. The Labute approximate surface area is 158 Å². The summed E-state index contributed by atoms with van der Waals surface area (Å²) in [5.41, 5.74) is 4.69. The number of rotatable bonds is 6. The lowest BCUT2D eigenvalue weighted by Gasteiger charge is -2.19. The Balaban J connectivity index is 1.55. The predicted octanol–water partition coefficient (Wildman–Crippen LogP) is 3.65. The molecule has 6 nitrogen and oxygen atoms in total. The lowest BCUT2D eigenvalue weighted by molar-refractivity contribution is 0.849. The van der Waals surface area contributed by atoms with Gasteiger partial charge in [-0.3, -0.25) is 4.98 Å². The number of anilines is 3. The average Bonchev–Trinajstić information content (AvgIpc) is 2.69. The van der Waals surface area contributed by atoms with Crippen LogP contribution in [0.5, 0.6) is 0 Å². The van der Waals surface area contributed by atoms with E-state index in [-0.39, 0.29) is 0 Å². The van der Waals surface area contributed by atoms with E-state index in [2.05, 4.69) is 44.1 Å². The van der Waals surface area contributed by atoms with Crippen LogP contribution in [0.4, 0.5) is 17.5 Å². The summed E-state index contributed by atoms with van der Waals surface area (Å²) in [6.07, 6.45) is 10.4. The largest absolute Gasteiger partial charge is 0.387 e. The normalized spacial score (nSPS) is 12.2. The molecule has 0 saturated carbocycles. The Bertz CT molecular complexity index is 952. The number of hydrogen-bond donors (Lipinski definition) is 3. The van der Waals surface area contributed by atoms with Gasteiger partial charge in [-0.1, -0.05) is 6.07 Å². The van der Waals surface area contributed by atoms with Crippen LogP contribution in [-0.4, -0.2) is 21.5 Å². The maximum absolute atomic E-state index is 4.79. The first-order chi connectivity index (χ1) is 13.3. The Morgan fingerprint density at radius 1 is 1.15 bits per heavy atom. The van der Waals surface area contributed by atoms with Crippen molar-refractivity contribution >= 4 is 23.5 Å². The topological polar surface area (TPSA) is 74.8 Å². The Morgan fingerprint density at radius 2 is 2.11 bits per heavy atom. The van der Waals surface area contributed by atoms with Crippen molar-refractivity contribution in [2.75, 3.05) is 17.2 Å². The van der Waals surface area contributed by atoms with E-state index in [0.29, 0.717) is 0 Å². The van der Waals surface area contributed by atoms with Gasteiger partial charge in [0.25, 0.3) is 0 Å². The summed E-state index contributed by atoms with van der Waals surface area (Å²) in [5, 5.41) is 10.1. The average molecular weight is 358 g/mol. The van der Waals surface area contributed by atoms with Crippen LogP contribution in [0.25, 0.3) is 6.08 Å². The molecule has 0 aromatic carbocycles. The SMILES string of the molecule is Cc1ccnc(Nc2cc3c(c(NCCc4cccnc4)n2)CNC=C3)c1. The van der Waals surface area contributed by atoms with Crippen molar-refractivity contribution in [2.24, 2.45) is 0 Å². The molecule has 0 saturated heterocycles. The van der Waals surface area contributed by atoms with Gasteiger partial charge < -0.3 is 16.0 Å². The highest BCUT2D eigenvalue weighted by Crippen LogP contribution is 2.26. The second-order valence-corrected chi connectivity index (χ2v) is 6.52. The number of hydrogen-bond acceptors (Lipinski definition) is 6. The molecule has 0 spiro atoms. The van der Waals surface area contributed by atoms with Crippen LogP contribution in [0, 0.1) is 6.92 Å². The molecule has 1 aliphatic rings. The fourth-order valence-electron chi connectivity index (χ4n) is 3.05. The summed E-state index contributed by atoms with van der Waals surface area (Å²) >= 11 is 0. The molecule has 0 radical (unpaired) electrons. The molecule has 0 fully saturated rings. The van der Waals surface area contributed by atoms with Crippen molar-refractivity contribution in [3.8, 4) is 0 Å². The first-order valence-corrected chi connectivity index (χ1v) is 9.04. The monoisotopic (exact) mass is 358 g/mol. The standard InChI is InChI=1S/C21H22N6/c1-15-4-9-24-19(11-15)26-20-12-17-6-8-23-14-18(17)21(27-20)25-10-5-16-3-2-7-22-13-16/h2-4,6-9,11-13,23H,5,10,14H2,1H3,(H2,24,25,26,27). The van der Waals surface area contributed by atoms with Crippen LogP contribution in [-0.2, 0) is 13.0 Å². The molecule has 3 aromatic heterocycles. The fourth-order valence-corrected chi connectivity index (χ4v) is 3.05. The number of nitrogens with zero attached hydrogens (tertiary/aromatic N) is 3.